The first-order valence-corrected chi connectivity index (χ1v) is 7.84. The number of sulfonamides is 1. The molecule has 0 bridgehead atoms. The number of nitrogens with one attached hydrogen (secondary N) is 1. The van der Waals surface area contributed by atoms with Gasteiger partial charge in [0.1, 0.15) is 10.6 Å². The van der Waals surface area contributed by atoms with E-state index in [4.69, 9.17) is 5.11 Å². The van der Waals surface area contributed by atoms with Gasteiger partial charge in [-0.3, -0.25) is 0 Å². The van der Waals surface area contributed by atoms with Crippen LogP contribution >= 0.6 is 0 Å². The minimum absolute atomic E-state index is 0.0240. The Balaban J connectivity index is 3.01. The van der Waals surface area contributed by atoms with Crippen LogP contribution in [0.1, 0.15) is 43.7 Å². The smallest absolute Gasteiger partial charge is 0.352 e. The second-order valence-electron chi connectivity index (χ2n) is 4.62. The normalized spacial score (nSPS) is 12.4. The first kappa shape index (κ1) is 16.5. The monoisotopic (exact) mass is 300 g/mol. The van der Waals surface area contributed by atoms with Crippen molar-refractivity contribution in [3.05, 3.63) is 30.1 Å². The van der Waals surface area contributed by atoms with Gasteiger partial charge in [0.2, 0.25) is 10.0 Å². The molecule has 0 amide bonds. The molecule has 0 saturated carbocycles. The summed E-state index contributed by atoms with van der Waals surface area (Å²) in [5, 5.41) is 9.09. The summed E-state index contributed by atoms with van der Waals surface area (Å²) >= 11 is 0. The SMILES string of the molecule is C/C=C/CCNS(=O)(=O)c1cc(C(=O)O)n(C(C)C)c1. The van der Waals surface area contributed by atoms with Crippen LogP contribution < -0.4 is 4.72 Å². The van der Waals surface area contributed by atoms with Crippen LogP contribution in [0, 0.1) is 0 Å². The van der Waals surface area contributed by atoms with Crippen molar-refractivity contribution in [3.8, 4) is 0 Å². The van der Waals surface area contributed by atoms with Crippen molar-refractivity contribution >= 4 is 16.0 Å². The molecule has 2 N–H and O–H groups in total. The van der Waals surface area contributed by atoms with Gasteiger partial charge in [-0.1, -0.05) is 12.2 Å². The highest BCUT2D eigenvalue weighted by Crippen LogP contribution is 2.18. The molecule has 7 heteroatoms. The van der Waals surface area contributed by atoms with Crippen molar-refractivity contribution in [1.82, 2.24) is 9.29 Å². The summed E-state index contributed by atoms with van der Waals surface area (Å²) in [5.41, 5.74) is -0.0335. The highest BCUT2D eigenvalue weighted by atomic mass is 32.2. The van der Waals surface area contributed by atoms with E-state index < -0.39 is 16.0 Å². The van der Waals surface area contributed by atoms with E-state index in [1.54, 1.807) is 13.8 Å². The number of nitrogens with zero attached hydrogens (tertiary/aromatic N) is 1. The molecule has 1 rings (SSSR count). The minimum Gasteiger partial charge on any atom is -0.477 e. The Hall–Kier alpha value is -1.60. The maximum Gasteiger partial charge on any atom is 0.352 e. The first-order valence-electron chi connectivity index (χ1n) is 6.35. The van der Waals surface area contributed by atoms with Crippen molar-refractivity contribution in [1.29, 1.82) is 0 Å². The number of carbonyl (C=O) groups is 1. The number of hydrogen-bond donors (Lipinski definition) is 2. The average molecular weight is 300 g/mol. The quantitative estimate of drug-likeness (QED) is 0.595. The zero-order chi connectivity index (χ0) is 15.3. The molecule has 1 aromatic rings. The highest BCUT2D eigenvalue weighted by Gasteiger charge is 2.21. The lowest BCUT2D eigenvalue weighted by atomic mass is 10.3. The fourth-order valence-corrected chi connectivity index (χ4v) is 2.80. The molecule has 0 aliphatic rings. The van der Waals surface area contributed by atoms with Gasteiger partial charge in [0, 0.05) is 18.8 Å². The van der Waals surface area contributed by atoms with Gasteiger partial charge in [-0.05, 0) is 33.3 Å². The molecule has 0 unspecified atom stereocenters. The molecule has 112 valence electrons. The maximum absolute atomic E-state index is 12.1. The lowest BCUT2D eigenvalue weighted by Crippen LogP contribution is -2.24. The molecule has 6 nitrogen and oxygen atoms in total. The Bertz CT molecular complexity index is 600. The van der Waals surface area contributed by atoms with Crippen LogP contribution in [0.4, 0.5) is 0 Å². The van der Waals surface area contributed by atoms with Gasteiger partial charge in [0.05, 0.1) is 0 Å². The van der Waals surface area contributed by atoms with Crippen LogP contribution in [0.5, 0.6) is 0 Å². The van der Waals surface area contributed by atoms with Crippen LogP contribution in [0.25, 0.3) is 0 Å². The summed E-state index contributed by atoms with van der Waals surface area (Å²) in [4.78, 5) is 11.1. The number of allylic oxidation sites excluding steroid dienone is 1. The summed E-state index contributed by atoms with van der Waals surface area (Å²) in [6.07, 6.45) is 5.63. The molecule has 0 spiro atoms. The molecule has 1 heterocycles. The average Bonchev–Trinajstić information content (AvgIpc) is 2.80. The summed E-state index contributed by atoms with van der Waals surface area (Å²) in [6, 6.07) is 1.05. The van der Waals surface area contributed by atoms with Crippen LogP contribution in [-0.2, 0) is 10.0 Å². The Morgan fingerprint density at radius 3 is 2.60 bits per heavy atom. The Morgan fingerprint density at radius 2 is 2.15 bits per heavy atom. The third-order valence-corrected chi connectivity index (χ3v) is 4.18. The van der Waals surface area contributed by atoms with E-state index in [9.17, 15) is 13.2 Å². The molecule has 0 atom stereocenters. The van der Waals surface area contributed by atoms with Crippen LogP contribution in [0.15, 0.2) is 29.3 Å². The van der Waals surface area contributed by atoms with E-state index in [0.717, 1.165) is 0 Å². The number of aromatic carboxylic acids is 1. The van der Waals surface area contributed by atoms with Gasteiger partial charge >= 0.3 is 5.97 Å². The van der Waals surface area contributed by atoms with E-state index >= 15 is 0 Å². The van der Waals surface area contributed by atoms with Gasteiger partial charge in [0.15, 0.2) is 0 Å². The number of carboxylic acids is 1. The van der Waals surface area contributed by atoms with Gasteiger partial charge in [-0.25, -0.2) is 17.9 Å². The zero-order valence-corrected chi connectivity index (χ0v) is 12.6. The van der Waals surface area contributed by atoms with Crippen molar-refractivity contribution in [2.24, 2.45) is 0 Å². The lowest BCUT2D eigenvalue weighted by molar-refractivity contribution is 0.0683. The molecule has 0 aliphatic heterocycles. The van der Waals surface area contributed by atoms with E-state index in [2.05, 4.69) is 4.72 Å². The Morgan fingerprint density at radius 1 is 1.50 bits per heavy atom. The van der Waals surface area contributed by atoms with E-state index in [0.29, 0.717) is 6.42 Å². The van der Waals surface area contributed by atoms with Crippen molar-refractivity contribution in [3.63, 3.8) is 0 Å². The van der Waals surface area contributed by atoms with E-state index in [-0.39, 0.29) is 23.2 Å². The molecule has 0 saturated heterocycles. The number of rotatable bonds is 7. The molecule has 20 heavy (non-hydrogen) atoms. The van der Waals surface area contributed by atoms with Gasteiger partial charge in [-0.15, -0.1) is 0 Å². The summed E-state index contributed by atoms with van der Waals surface area (Å²) in [5.74, 6) is -1.14. The number of aromatic nitrogens is 1. The van der Waals surface area contributed by atoms with Gasteiger partial charge in [-0.2, -0.15) is 0 Å². The summed E-state index contributed by atoms with van der Waals surface area (Å²) in [7, 11) is -3.68. The fourth-order valence-electron chi connectivity index (χ4n) is 1.73. The minimum atomic E-state index is -3.68. The standard InChI is InChI=1S/C13H20N2O4S/c1-4-5-6-7-14-20(18,19)11-8-12(13(16)17)15(9-11)10(2)3/h4-5,8-10,14H,6-7H2,1-3H3,(H,16,17)/b5-4+. The third-order valence-electron chi connectivity index (χ3n) is 2.75. The van der Waals surface area contributed by atoms with Crippen molar-refractivity contribution < 1.29 is 18.3 Å². The molecule has 0 radical (unpaired) electrons. The maximum atomic E-state index is 12.1. The van der Waals surface area contributed by atoms with E-state index in [1.165, 1.54) is 16.8 Å². The first-order chi connectivity index (χ1) is 9.29. The second kappa shape index (κ2) is 6.71. The van der Waals surface area contributed by atoms with Gasteiger partial charge < -0.3 is 9.67 Å². The van der Waals surface area contributed by atoms with Crippen molar-refractivity contribution in [2.75, 3.05) is 6.54 Å². The Kier molecular flexibility index (Phi) is 5.52. The molecule has 1 aromatic heterocycles. The van der Waals surface area contributed by atoms with Crippen LogP contribution in [-0.4, -0.2) is 30.6 Å². The summed E-state index contributed by atoms with van der Waals surface area (Å²) in [6.45, 7) is 5.73. The van der Waals surface area contributed by atoms with Crippen LogP contribution in [0.3, 0.4) is 0 Å². The largest absolute Gasteiger partial charge is 0.477 e. The number of carboxylic acid groups (broad SMARTS) is 1. The van der Waals surface area contributed by atoms with Crippen molar-refractivity contribution in [2.45, 2.75) is 38.1 Å². The predicted octanol–water partition coefficient (Wildman–Crippen LogP) is 2.01. The summed E-state index contributed by atoms with van der Waals surface area (Å²) < 4.78 is 28.0. The fraction of sp³-hybridized carbons (Fsp3) is 0.462. The predicted molar refractivity (Wildman–Crippen MR) is 76.4 cm³/mol. The molecule has 0 aromatic carbocycles. The second-order valence-corrected chi connectivity index (χ2v) is 6.39. The molecular formula is C13H20N2O4S. The topological polar surface area (TPSA) is 88.4 Å². The zero-order valence-electron chi connectivity index (χ0n) is 11.8. The molecule has 0 aliphatic carbocycles. The third kappa shape index (κ3) is 3.94. The molecule has 0 fully saturated rings. The highest BCUT2D eigenvalue weighted by molar-refractivity contribution is 7.89. The van der Waals surface area contributed by atoms with Gasteiger partial charge in [0.25, 0.3) is 0 Å². The molecular weight excluding hydrogens is 280 g/mol. The number of hydrogen-bond acceptors (Lipinski definition) is 3. The van der Waals surface area contributed by atoms with E-state index in [1.807, 2.05) is 19.1 Å². The lowest BCUT2D eigenvalue weighted by Gasteiger charge is -2.09. The Labute approximate surface area is 119 Å². The van der Waals surface area contributed by atoms with Crippen LogP contribution in [0.2, 0.25) is 0 Å².